The summed E-state index contributed by atoms with van der Waals surface area (Å²) in [7, 11) is 0. The Hall–Kier alpha value is -3.34. The van der Waals surface area contributed by atoms with Gasteiger partial charge in [-0.25, -0.2) is 0 Å². The molecule has 0 fully saturated rings. The smallest absolute Gasteiger partial charge is 0.164 e. The fourth-order valence-electron chi connectivity index (χ4n) is 3.81. The van der Waals surface area contributed by atoms with E-state index in [0.717, 1.165) is 29.4 Å². The zero-order valence-corrected chi connectivity index (χ0v) is 17.5. The molecule has 0 aliphatic carbocycles. The first-order valence-electron chi connectivity index (χ1n) is 10.1. The molecule has 0 radical (unpaired) electrons. The van der Waals surface area contributed by atoms with Gasteiger partial charge in [-0.15, -0.1) is 0 Å². The number of furan rings is 1. The normalized spacial score (nSPS) is 13.0. The van der Waals surface area contributed by atoms with Crippen LogP contribution in [-0.2, 0) is 13.0 Å². The molecule has 0 atom stereocenters. The van der Waals surface area contributed by atoms with E-state index in [9.17, 15) is 15.3 Å². The Morgan fingerprint density at radius 1 is 1.07 bits per heavy atom. The molecule has 0 bridgehead atoms. The summed E-state index contributed by atoms with van der Waals surface area (Å²) in [4.78, 5) is 0. The van der Waals surface area contributed by atoms with Crippen molar-refractivity contribution in [1.82, 2.24) is 0 Å². The number of rotatable bonds is 5. The SMILES string of the molecule is CC(C)=CCCC(C)=CCc1c(O)c(O)cc2c3c(oc12)-c1ccc(O)cc1OC3. The molecule has 2 heterocycles. The standard InChI is InChI=1S/C25H26O5/c1-14(2)5-4-6-15(3)7-9-18-23(28)21(27)12-19-20-13-29-22-11-16(26)8-10-17(22)24(20)30-25(18)19/h5,7-8,10-12,26-28H,4,6,9,13H2,1-3H3. The van der Waals surface area contributed by atoms with Crippen LogP contribution in [-0.4, -0.2) is 15.3 Å². The molecule has 0 unspecified atom stereocenters. The van der Waals surface area contributed by atoms with Gasteiger partial charge in [0.25, 0.3) is 0 Å². The molecule has 3 aromatic rings. The Balaban J connectivity index is 1.75. The highest BCUT2D eigenvalue weighted by atomic mass is 16.5. The van der Waals surface area contributed by atoms with Gasteiger partial charge in [0.2, 0.25) is 0 Å². The van der Waals surface area contributed by atoms with Gasteiger partial charge >= 0.3 is 0 Å². The second-order valence-corrected chi connectivity index (χ2v) is 8.05. The van der Waals surface area contributed by atoms with Crippen molar-refractivity contribution < 1.29 is 24.5 Å². The maximum absolute atomic E-state index is 10.5. The molecule has 1 aromatic heterocycles. The first-order chi connectivity index (χ1) is 14.3. The van der Waals surface area contributed by atoms with E-state index < -0.39 is 0 Å². The van der Waals surface area contributed by atoms with Gasteiger partial charge in [-0.2, -0.15) is 0 Å². The third kappa shape index (κ3) is 3.63. The fourth-order valence-corrected chi connectivity index (χ4v) is 3.81. The molecule has 1 aliphatic rings. The van der Waals surface area contributed by atoms with Gasteiger partial charge in [-0.3, -0.25) is 0 Å². The zero-order valence-electron chi connectivity index (χ0n) is 17.5. The number of benzene rings is 2. The number of aromatic hydroxyl groups is 3. The molecule has 0 saturated heterocycles. The predicted molar refractivity (Wildman–Crippen MR) is 117 cm³/mol. The number of hydrogen-bond donors (Lipinski definition) is 3. The van der Waals surface area contributed by atoms with E-state index in [1.165, 1.54) is 17.2 Å². The van der Waals surface area contributed by atoms with Crippen molar-refractivity contribution in [1.29, 1.82) is 0 Å². The lowest BCUT2D eigenvalue weighted by atomic mass is 9.99. The van der Waals surface area contributed by atoms with E-state index >= 15 is 0 Å². The minimum Gasteiger partial charge on any atom is -0.508 e. The van der Waals surface area contributed by atoms with E-state index in [2.05, 4.69) is 32.9 Å². The molecular weight excluding hydrogens is 380 g/mol. The molecule has 3 N–H and O–H groups in total. The Kier molecular flexibility index (Phi) is 5.20. The van der Waals surface area contributed by atoms with Crippen LogP contribution in [0.25, 0.3) is 22.3 Å². The van der Waals surface area contributed by atoms with Crippen molar-refractivity contribution >= 4 is 11.0 Å². The van der Waals surface area contributed by atoms with Gasteiger partial charge < -0.3 is 24.5 Å². The average molecular weight is 406 g/mol. The van der Waals surface area contributed by atoms with Crippen LogP contribution in [0.2, 0.25) is 0 Å². The second-order valence-electron chi connectivity index (χ2n) is 8.05. The van der Waals surface area contributed by atoms with Crippen molar-refractivity contribution in [3.63, 3.8) is 0 Å². The average Bonchev–Trinajstić information content (AvgIpc) is 3.06. The Morgan fingerprint density at radius 3 is 2.63 bits per heavy atom. The molecule has 0 spiro atoms. The number of allylic oxidation sites excluding steroid dienone is 4. The first-order valence-corrected chi connectivity index (χ1v) is 10.1. The molecular formula is C25H26O5. The quantitative estimate of drug-likeness (QED) is 0.340. The summed E-state index contributed by atoms with van der Waals surface area (Å²) in [6, 6.07) is 6.41. The predicted octanol–water partition coefficient (Wildman–Crippen LogP) is 6.34. The number of fused-ring (bicyclic) bond motifs is 5. The van der Waals surface area contributed by atoms with Crippen molar-refractivity contribution in [2.24, 2.45) is 0 Å². The highest BCUT2D eigenvalue weighted by Crippen LogP contribution is 2.47. The Labute approximate surface area is 175 Å². The first kappa shape index (κ1) is 20.0. The zero-order chi connectivity index (χ0) is 21.4. The summed E-state index contributed by atoms with van der Waals surface area (Å²) in [5.41, 5.74) is 5.18. The summed E-state index contributed by atoms with van der Waals surface area (Å²) in [6.45, 7) is 6.50. The summed E-state index contributed by atoms with van der Waals surface area (Å²) in [5.74, 6) is 0.980. The van der Waals surface area contributed by atoms with Crippen LogP contribution in [0.1, 0.15) is 44.7 Å². The van der Waals surface area contributed by atoms with E-state index in [1.807, 2.05) is 0 Å². The lowest BCUT2D eigenvalue weighted by molar-refractivity contribution is 0.298. The number of hydrogen-bond acceptors (Lipinski definition) is 5. The topological polar surface area (TPSA) is 83.1 Å². The lowest BCUT2D eigenvalue weighted by Gasteiger charge is -2.16. The molecule has 1 aliphatic heterocycles. The monoisotopic (exact) mass is 406 g/mol. The highest BCUT2D eigenvalue weighted by molar-refractivity contribution is 5.94. The van der Waals surface area contributed by atoms with Crippen LogP contribution in [0.5, 0.6) is 23.0 Å². The third-order valence-electron chi connectivity index (χ3n) is 5.46. The van der Waals surface area contributed by atoms with Crippen LogP contribution >= 0.6 is 0 Å². The van der Waals surface area contributed by atoms with Crippen molar-refractivity contribution in [2.45, 2.75) is 46.6 Å². The van der Waals surface area contributed by atoms with Gasteiger partial charge in [0, 0.05) is 22.6 Å². The van der Waals surface area contributed by atoms with Crippen molar-refractivity contribution in [3.05, 3.63) is 58.7 Å². The number of phenolic OH excluding ortho intramolecular Hbond substituents is 3. The summed E-state index contributed by atoms with van der Waals surface area (Å²) in [6.07, 6.45) is 6.64. The molecule has 2 aromatic carbocycles. The summed E-state index contributed by atoms with van der Waals surface area (Å²) >= 11 is 0. The van der Waals surface area contributed by atoms with Gasteiger partial charge in [0.05, 0.1) is 5.56 Å². The molecule has 5 nitrogen and oxygen atoms in total. The maximum atomic E-state index is 10.5. The molecule has 0 saturated carbocycles. The maximum Gasteiger partial charge on any atom is 0.164 e. The molecule has 0 amide bonds. The molecule has 30 heavy (non-hydrogen) atoms. The number of ether oxygens (including phenoxy) is 1. The second kappa shape index (κ2) is 7.82. The molecule has 5 heteroatoms. The molecule has 156 valence electrons. The van der Waals surface area contributed by atoms with E-state index in [4.69, 9.17) is 9.15 Å². The fraction of sp³-hybridized carbons (Fsp3) is 0.280. The van der Waals surface area contributed by atoms with Crippen molar-refractivity contribution in [3.8, 4) is 34.3 Å². The Bertz CT molecular complexity index is 1180. The Morgan fingerprint density at radius 2 is 1.87 bits per heavy atom. The van der Waals surface area contributed by atoms with Crippen molar-refractivity contribution in [2.75, 3.05) is 0 Å². The van der Waals surface area contributed by atoms with Crippen LogP contribution in [0.4, 0.5) is 0 Å². The van der Waals surface area contributed by atoms with Gasteiger partial charge in [-0.05, 0) is 58.2 Å². The third-order valence-corrected chi connectivity index (χ3v) is 5.46. The van der Waals surface area contributed by atoms with Gasteiger partial charge in [-0.1, -0.05) is 23.3 Å². The van der Waals surface area contributed by atoms with Gasteiger partial charge in [0.1, 0.15) is 29.4 Å². The van der Waals surface area contributed by atoms with E-state index in [0.29, 0.717) is 29.1 Å². The van der Waals surface area contributed by atoms with E-state index in [-0.39, 0.29) is 23.9 Å². The van der Waals surface area contributed by atoms with Gasteiger partial charge in [0.15, 0.2) is 11.5 Å². The largest absolute Gasteiger partial charge is 0.508 e. The minimum absolute atomic E-state index is 0.123. The molecule has 4 rings (SSSR count). The number of phenols is 3. The van der Waals surface area contributed by atoms with E-state index in [1.54, 1.807) is 18.2 Å². The van der Waals surface area contributed by atoms with Crippen LogP contribution in [0.15, 0.2) is 52.0 Å². The minimum atomic E-state index is -0.173. The summed E-state index contributed by atoms with van der Waals surface area (Å²) < 4.78 is 12.0. The lowest BCUT2D eigenvalue weighted by Crippen LogP contribution is -2.03. The summed E-state index contributed by atoms with van der Waals surface area (Å²) in [5, 5.41) is 31.3. The van der Waals surface area contributed by atoms with Crippen LogP contribution in [0.3, 0.4) is 0 Å². The highest BCUT2D eigenvalue weighted by Gasteiger charge is 2.27. The van der Waals surface area contributed by atoms with Crippen LogP contribution in [0, 0.1) is 0 Å². The van der Waals surface area contributed by atoms with Crippen LogP contribution < -0.4 is 4.74 Å².